The van der Waals surface area contributed by atoms with Gasteiger partial charge in [0.25, 0.3) is 5.89 Å². The fourth-order valence-electron chi connectivity index (χ4n) is 3.05. The highest BCUT2D eigenvalue weighted by atomic mass is 16.6. The van der Waals surface area contributed by atoms with Crippen LogP contribution in [0.3, 0.4) is 0 Å². The number of benzene rings is 1. The van der Waals surface area contributed by atoms with Crippen molar-refractivity contribution in [1.82, 2.24) is 24.9 Å². The lowest BCUT2D eigenvalue weighted by atomic mass is 10.2. The molecule has 0 radical (unpaired) electrons. The number of aromatic nitrogens is 5. The van der Waals surface area contributed by atoms with Crippen LogP contribution in [0.15, 0.2) is 41.2 Å². The zero-order valence-electron chi connectivity index (χ0n) is 17.5. The maximum atomic E-state index is 12.4. The van der Waals surface area contributed by atoms with Gasteiger partial charge in [0, 0.05) is 23.2 Å². The smallest absolute Gasteiger partial charge is 0.340 e. The number of carbonyl (C=O) groups excluding carboxylic acids is 1. The number of hydrogen-bond donors (Lipinski definition) is 0. The molecule has 0 spiro atoms. The summed E-state index contributed by atoms with van der Waals surface area (Å²) in [6, 6.07) is 7.12. The highest BCUT2D eigenvalue weighted by Gasteiger charge is 2.16. The van der Waals surface area contributed by atoms with E-state index in [1.165, 1.54) is 6.20 Å². The molecule has 10 heteroatoms. The molecule has 3 aromatic heterocycles. The van der Waals surface area contributed by atoms with E-state index in [4.69, 9.17) is 18.7 Å². The van der Waals surface area contributed by atoms with Crippen molar-refractivity contribution >= 4 is 17.0 Å². The van der Waals surface area contributed by atoms with E-state index in [2.05, 4.69) is 20.2 Å². The topological polar surface area (TPSA) is 114 Å². The molecule has 0 unspecified atom stereocenters. The third kappa shape index (κ3) is 4.04. The molecule has 0 aliphatic carbocycles. The van der Waals surface area contributed by atoms with Gasteiger partial charge < -0.3 is 18.7 Å². The number of fused-ring (bicyclic) bond motifs is 1. The Balaban J connectivity index is 1.45. The fraction of sp³-hybridized carbons (Fsp3) is 0.286. The summed E-state index contributed by atoms with van der Waals surface area (Å²) in [4.78, 5) is 21.0. The van der Waals surface area contributed by atoms with Crippen LogP contribution < -0.4 is 9.47 Å². The maximum absolute atomic E-state index is 12.4. The van der Waals surface area contributed by atoms with E-state index in [1.54, 1.807) is 49.4 Å². The molecule has 4 aromatic rings. The lowest BCUT2D eigenvalue weighted by molar-refractivity contribution is 0.0429. The lowest BCUT2D eigenvalue weighted by Crippen LogP contribution is -2.07. The zero-order valence-corrected chi connectivity index (χ0v) is 17.5. The Morgan fingerprint density at radius 3 is 2.68 bits per heavy atom. The third-order valence-corrected chi connectivity index (χ3v) is 4.59. The van der Waals surface area contributed by atoms with E-state index in [0.717, 1.165) is 5.39 Å². The molecule has 160 valence electrons. The monoisotopic (exact) mass is 423 g/mol. The summed E-state index contributed by atoms with van der Waals surface area (Å²) in [6.45, 7) is 3.86. The minimum absolute atomic E-state index is 0.164. The van der Waals surface area contributed by atoms with Crippen LogP contribution in [0.1, 0.15) is 36.1 Å². The molecule has 1 aromatic carbocycles. The number of pyridine rings is 1. The van der Waals surface area contributed by atoms with Crippen molar-refractivity contribution in [3.8, 4) is 22.9 Å². The van der Waals surface area contributed by atoms with Crippen molar-refractivity contribution in [1.29, 1.82) is 0 Å². The Morgan fingerprint density at radius 1 is 1.13 bits per heavy atom. The molecule has 10 nitrogen and oxygen atoms in total. The number of methoxy groups -OCH3 is 2. The summed E-state index contributed by atoms with van der Waals surface area (Å²) in [7, 11) is 3.10. The van der Waals surface area contributed by atoms with Crippen molar-refractivity contribution < 1.29 is 23.5 Å². The molecule has 0 atom stereocenters. The second kappa shape index (κ2) is 8.42. The second-order valence-electron chi connectivity index (χ2n) is 6.98. The minimum Gasteiger partial charge on any atom is -0.493 e. The number of esters is 1. The number of rotatable bonds is 7. The van der Waals surface area contributed by atoms with Crippen molar-refractivity contribution in [2.75, 3.05) is 14.2 Å². The predicted molar refractivity (Wildman–Crippen MR) is 110 cm³/mol. The van der Waals surface area contributed by atoms with Gasteiger partial charge in [-0.3, -0.25) is 0 Å². The molecule has 3 heterocycles. The Bertz CT molecular complexity index is 1230. The first-order valence-corrected chi connectivity index (χ1v) is 9.55. The SMILES string of the molecule is COc1ccc(-c2noc(COC(=O)c3cnc4c(cnn4C(C)C)c3)n2)cc1OC. The van der Waals surface area contributed by atoms with Gasteiger partial charge in [-0.2, -0.15) is 10.1 Å². The average molecular weight is 423 g/mol. The molecule has 31 heavy (non-hydrogen) atoms. The Kier molecular flexibility index (Phi) is 5.52. The largest absolute Gasteiger partial charge is 0.493 e. The maximum Gasteiger partial charge on any atom is 0.340 e. The first-order valence-electron chi connectivity index (χ1n) is 9.55. The van der Waals surface area contributed by atoms with Crippen LogP contribution in [0.4, 0.5) is 0 Å². The number of nitrogens with zero attached hydrogens (tertiary/aromatic N) is 5. The van der Waals surface area contributed by atoms with E-state index < -0.39 is 5.97 Å². The number of carbonyl (C=O) groups is 1. The molecule has 0 N–H and O–H groups in total. The molecule has 0 aliphatic heterocycles. The summed E-state index contributed by atoms with van der Waals surface area (Å²) < 4.78 is 22.8. The normalized spacial score (nSPS) is 11.1. The molecule has 0 bridgehead atoms. The summed E-state index contributed by atoms with van der Waals surface area (Å²) >= 11 is 0. The van der Waals surface area contributed by atoms with Crippen molar-refractivity contribution in [3.05, 3.63) is 48.1 Å². The van der Waals surface area contributed by atoms with E-state index in [1.807, 2.05) is 13.8 Å². The summed E-state index contributed by atoms with van der Waals surface area (Å²) in [6.07, 6.45) is 3.14. The number of hydrogen-bond acceptors (Lipinski definition) is 9. The van der Waals surface area contributed by atoms with E-state index >= 15 is 0 Å². The minimum atomic E-state index is -0.544. The molecule has 0 saturated heterocycles. The second-order valence-corrected chi connectivity index (χ2v) is 6.98. The van der Waals surface area contributed by atoms with Crippen molar-refractivity contribution in [2.24, 2.45) is 0 Å². The molecule has 0 amide bonds. The molecule has 0 saturated carbocycles. The van der Waals surface area contributed by atoms with E-state index in [0.29, 0.717) is 34.1 Å². The van der Waals surface area contributed by atoms with E-state index in [9.17, 15) is 4.79 Å². The molecule has 0 aliphatic rings. The van der Waals surface area contributed by atoms with Crippen LogP contribution in [0, 0.1) is 0 Å². The highest BCUT2D eigenvalue weighted by Crippen LogP contribution is 2.31. The van der Waals surface area contributed by atoms with Gasteiger partial charge in [-0.1, -0.05) is 5.16 Å². The first kappa shape index (κ1) is 20.3. The summed E-state index contributed by atoms with van der Waals surface area (Å²) in [5, 5.41) is 8.99. The first-order chi connectivity index (χ1) is 15.0. The summed E-state index contributed by atoms with van der Waals surface area (Å²) in [5.74, 6) is 1.10. The van der Waals surface area contributed by atoms with Crippen LogP contribution in [-0.4, -0.2) is 45.1 Å². The fourth-order valence-corrected chi connectivity index (χ4v) is 3.05. The highest BCUT2D eigenvalue weighted by molar-refractivity contribution is 5.92. The van der Waals surface area contributed by atoms with Crippen LogP contribution in [0.5, 0.6) is 11.5 Å². The molecular weight excluding hydrogens is 402 g/mol. The third-order valence-electron chi connectivity index (χ3n) is 4.59. The predicted octanol–water partition coefficient (Wildman–Crippen LogP) is 3.44. The van der Waals surface area contributed by atoms with Gasteiger partial charge in [0.2, 0.25) is 5.82 Å². The van der Waals surface area contributed by atoms with Crippen LogP contribution in [-0.2, 0) is 11.3 Å². The van der Waals surface area contributed by atoms with E-state index in [-0.39, 0.29) is 18.5 Å². The van der Waals surface area contributed by atoms with Gasteiger partial charge >= 0.3 is 5.97 Å². The average Bonchev–Trinajstić information content (AvgIpc) is 3.43. The zero-order chi connectivity index (χ0) is 22.0. The van der Waals surface area contributed by atoms with Crippen molar-refractivity contribution in [2.45, 2.75) is 26.5 Å². The lowest BCUT2D eigenvalue weighted by Gasteiger charge is -2.07. The summed E-state index contributed by atoms with van der Waals surface area (Å²) in [5.41, 5.74) is 1.70. The Morgan fingerprint density at radius 2 is 1.94 bits per heavy atom. The molecule has 0 fully saturated rings. The van der Waals surface area contributed by atoms with Gasteiger partial charge in [-0.25, -0.2) is 14.5 Å². The van der Waals surface area contributed by atoms with Gasteiger partial charge in [0.15, 0.2) is 23.8 Å². The van der Waals surface area contributed by atoms with Gasteiger partial charge in [-0.15, -0.1) is 0 Å². The quantitative estimate of drug-likeness (QED) is 0.412. The van der Waals surface area contributed by atoms with Crippen molar-refractivity contribution in [3.63, 3.8) is 0 Å². The van der Waals surface area contributed by atoms with Crippen LogP contribution >= 0.6 is 0 Å². The standard InChI is InChI=1S/C21H21N5O5/c1-12(2)26-20-14(10-23-26)7-15(9-22-20)21(27)30-11-18-24-19(25-31-18)13-5-6-16(28-3)17(8-13)29-4/h5-10,12H,11H2,1-4H3. The molecular formula is C21H21N5O5. The molecule has 4 rings (SSSR count). The van der Waals surface area contributed by atoms with Gasteiger partial charge in [-0.05, 0) is 38.1 Å². The van der Waals surface area contributed by atoms with Gasteiger partial charge in [0.1, 0.15) is 0 Å². The Hall–Kier alpha value is -3.95. The van der Waals surface area contributed by atoms with Gasteiger partial charge in [0.05, 0.1) is 26.0 Å². The van der Waals surface area contributed by atoms with Crippen LogP contribution in [0.25, 0.3) is 22.4 Å². The van der Waals surface area contributed by atoms with Crippen LogP contribution in [0.2, 0.25) is 0 Å². The number of ether oxygens (including phenoxy) is 3. The Labute approximate surface area is 177 Å².